The number of ether oxygens (including phenoxy) is 5. The van der Waals surface area contributed by atoms with Gasteiger partial charge in [-0.05, 0) is 13.8 Å². The van der Waals surface area contributed by atoms with Crippen LogP contribution in [0, 0.1) is 5.92 Å². The Hall–Kier alpha value is -0.530. The van der Waals surface area contributed by atoms with Crippen molar-refractivity contribution in [2.45, 2.75) is 57.8 Å². The van der Waals surface area contributed by atoms with Gasteiger partial charge in [0.05, 0.1) is 6.61 Å². The van der Waals surface area contributed by atoms with E-state index in [9.17, 15) is 4.79 Å². The fraction of sp³-hybridized carbons (Fsp3) is 0.923. The second-order valence-electron chi connectivity index (χ2n) is 6.06. The summed E-state index contributed by atoms with van der Waals surface area (Å²) in [4.78, 5) is 12.6. The Bertz CT molecular complexity index is 393. The first-order valence-electron chi connectivity index (χ1n) is 6.66. The van der Waals surface area contributed by atoms with Crippen LogP contribution in [-0.2, 0) is 28.5 Å². The summed E-state index contributed by atoms with van der Waals surface area (Å²) in [6, 6.07) is 0. The topological polar surface area (TPSA) is 63.2 Å². The SMILES string of the molecule is CC(C)C1OC2COC3(COC(C)(C)O3)C(=O)C2O1. The Balaban J connectivity index is 1.78. The number of fused-ring (bicyclic) bond motifs is 1. The molecular weight excluding hydrogens is 252 g/mol. The molecule has 19 heavy (non-hydrogen) atoms. The number of Topliss-reactive ketones (excluding diaryl/α,β-unsaturated/α-hetero) is 1. The molecular formula is C13H20O6. The summed E-state index contributed by atoms with van der Waals surface area (Å²) in [6.45, 7) is 7.86. The van der Waals surface area contributed by atoms with Gasteiger partial charge in [0, 0.05) is 5.92 Å². The fourth-order valence-electron chi connectivity index (χ4n) is 2.60. The molecule has 0 N–H and O–H groups in total. The van der Waals surface area contributed by atoms with E-state index in [0.717, 1.165) is 0 Å². The number of carbonyl (C=O) groups is 1. The molecule has 1 spiro atoms. The summed E-state index contributed by atoms with van der Waals surface area (Å²) in [5.74, 6) is -2.21. The van der Waals surface area contributed by atoms with Gasteiger partial charge in [0.2, 0.25) is 5.78 Å². The van der Waals surface area contributed by atoms with Gasteiger partial charge < -0.3 is 23.7 Å². The van der Waals surface area contributed by atoms with E-state index in [0.29, 0.717) is 0 Å². The third kappa shape index (κ3) is 2.11. The molecule has 4 unspecified atom stereocenters. The van der Waals surface area contributed by atoms with Crippen LogP contribution >= 0.6 is 0 Å². The molecule has 3 aliphatic heterocycles. The van der Waals surface area contributed by atoms with Gasteiger partial charge in [-0.15, -0.1) is 0 Å². The van der Waals surface area contributed by atoms with Gasteiger partial charge >= 0.3 is 0 Å². The van der Waals surface area contributed by atoms with E-state index in [1.165, 1.54) is 0 Å². The predicted molar refractivity (Wildman–Crippen MR) is 63.2 cm³/mol. The van der Waals surface area contributed by atoms with Crippen LogP contribution in [0.2, 0.25) is 0 Å². The first-order chi connectivity index (χ1) is 8.83. The average molecular weight is 272 g/mol. The van der Waals surface area contributed by atoms with Crippen LogP contribution in [0.5, 0.6) is 0 Å². The highest BCUT2D eigenvalue weighted by Crippen LogP contribution is 2.40. The van der Waals surface area contributed by atoms with Crippen molar-refractivity contribution in [3.8, 4) is 0 Å². The van der Waals surface area contributed by atoms with Gasteiger partial charge in [-0.25, -0.2) is 0 Å². The van der Waals surface area contributed by atoms with Crippen molar-refractivity contribution in [3.63, 3.8) is 0 Å². The number of hydrogen-bond acceptors (Lipinski definition) is 6. The molecule has 0 aromatic heterocycles. The quantitative estimate of drug-likeness (QED) is 0.704. The van der Waals surface area contributed by atoms with Crippen LogP contribution < -0.4 is 0 Å². The van der Waals surface area contributed by atoms with Crippen LogP contribution in [0.1, 0.15) is 27.7 Å². The van der Waals surface area contributed by atoms with Crippen molar-refractivity contribution in [2.75, 3.05) is 13.2 Å². The van der Waals surface area contributed by atoms with Gasteiger partial charge in [-0.1, -0.05) is 13.8 Å². The third-order valence-electron chi connectivity index (χ3n) is 3.61. The molecule has 0 aromatic carbocycles. The second kappa shape index (κ2) is 4.23. The van der Waals surface area contributed by atoms with E-state index >= 15 is 0 Å². The van der Waals surface area contributed by atoms with Crippen LogP contribution in [0.3, 0.4) is 0 Å². The average Bonchev–Trinajstić information content (AvgIpc) is 2.87. The molecule has 0 saturated carbocycles. The molecule has 3 rings (SSSR count). The van der Waals surface area contributed by atoms with E-state index in [1.54, 1.807) is 13.8 Å². The molecule has 3 saturated heterocycles. The lowest BCUT2D eigenvalue weighted by atomic mass is 9.99. The summed E-state index contributed by atoms with van der Waals surface area (Å²) >= 11 is 0. The highest BCUT2D eigenvalue weighted by atomic mass is 16.8. The van der Waals surface area contributed by atoms with Crippen molar-refractivity contribution < 1.29 is 28.5 Å². The number of rotatable bonds is 1. The highest BCUT2D eigenvalue weighted by molar-refractivity contribution is 5.92. The molecule has 0 aliphatic carbocycles. The Morgan fingerprint density at radius 1 is 1.21 bits per heavy atom. The Morgan fingerprint density at radius 3 is 2.53 bits per heavy atom. The summed E-state index contributed by atoms with van der Waals surface area (Å²) in [6.07, 6.45) is -1.34. The largest absolute Gasteiger partial charge is 0.344 e. The Kier molecular flexibility index (Phi) is 3.00. The highest BCUT2D eigenvalue weighted by Gasteiger charge is 2.61. The van der Waals surface area contributed by atoms with Crippen molar-refractivity contribution in [2.24, 2.45) is 5.92 Å². The van der Waals surface area contributed by atoms with Gasteiger partial charge in [-0.3, -0.25) is 4.79 Å². The molecule has 108 valence electrons. The Labute approximate surface area is 112 Å². The zero-order valence-electron chi connectivity index (χ0n) is 11.7. The van der Waals surface area contributed by atoms with Crippen molar-refractivity contribution in [1.29, 1.82) is 0 Å². The second-order valence-corrected chi connectivity index (χ2v) is 6.06. The Morgan fingerprint density at radius 2 is 1.95 bits per heavy atom. The zero-order chi connectivity index (χ0) is 13.8. The van der Waals surface area contributed by atoms with E-state index < -0.39 is 17.7 Å². The molecule has 6 nitrogen and oxygen atoms in total. The number of carbonyl (C=O) groups excluding carboxylic acids is 1. The van der Waals surface area contributed by atoms with Gasteiger partial charge in [0.25, 0.3) is 5.79 Å². The monoisotopic (exact) mass is 272 g/mol. The summed E-state index contributed by atoms with van der Waals surface area (Å²) in [7, 11) is 0. The van der Waals surface area contributed by atoms with E-state index in [-0.39, 0.29) is 37.3 Å². The normalized spacial score (nSPS) is 45.1. The molecule has 4 atom stereocenters. The van der Waals surface area contributed by atoms with Crippen LogP contribution in [0.25, 0.3) is 0 Å². The minimum Gasteiger partial charge on any atom is -0.344 e. The molecule has 0 aromatic rings. The lowest BCUT2D eigenvalue weighted by Gasteiger charge is -2.35. The van der Waals surface area contributed by atoms with Crippen molar-refractivity contribution in [3.05, 3.63) is 0 Å². The molecule has 0 radical (unpaired) electrons. The van der Waals surface area contributed by atoms with Crippen LogP contribution in [0.15, 0.2) is 0 Å². The number of ketones is 1. The molecule has 3 fully saturated rings. The summed E-state index contributed by atoms with van der Waals surface area (Å²) < 4.78 is 28.1. The van der Waals surface area contributed by atoms with Crippen molar-refractivity contribution >= 4 is 5.78 Å². The van der Waals surface area contributed by atoms with E-state index in [2.05, 4.69) is 0 Å². The van der Waals surface area contributed by atoms with E-state index in [1.807, 2.05) is 13.8 Å². The third-order valence-corrected chi connectivity index (χ3v) is 3.61. The maximum absolute atomic E-state index is 12.6. The number of hydrogen-bond donors (Lipinski definition) is 0. The maximum atomic E-state index is 12.6. The first kappa shape index (κ1) is 13.5. The van der Waals surface area contributed by atoms with Crippen LogP contribution in [0.4, 0.5) is 0 Å². The molecule has 6 heteroatoms. The zero-order valence-corrected chi connectivity index (χ0v) is 11.7. The summed E-state index contributed by atoms with van der Waals surface area (Å²) in [5.41, 5.74) is 0. The lowest BCUT2D eigenvalue weighted by molar-refractivity contribution is -0.263. The lowest BCUT2D eigenvalue weighted by Crippen LogP contribution is -2.58. The van der Waals surface area contributed by atoms with Crippen molar-refractivity contribution in [1.82, 2.24) is 0 Å². The predicted octanol–water partition coefficient (Wildman–Crippen LogP) is 0.831. The van der Waals surface area contributed by atoms with Gasteiger partial charge in [0.1, 0.15) is 12.7 Å². The molecule has 3 aliphatic rings. The maximum Gasteiger partial charge on any atom is 0.258 e. The molecule has 3 heterocycles. The summed E-state index contributed by atoms with van der Waals surface area (Å²) in [5, 5.41) is 0. The van der Waals surface area contributed by atoms with E-state index in [4.69, 9.17) is 23.7 Å². The minimum atomic E-state index is -1.33. The van der Waals surface area contributed by atoms with Gasteiger partial charge in [-0.2, -0.15) is 0 Å². The van der Waals surface area contributed by atoms with Crippen LogP contribution in [-0.4, -0.2) is 49.1 Å². The minimum absolute atomic E-state index is 0.0950. The fourth-order valence-corrected chi connectivity index (χ4v) is 2.60. The smallest absolute Gasteiger partial charge is 0.258 e. The molecule has 0 amide bonds. The molecule has 0 bridgehead atoms. The van der Waals surface area contributed by atoms with Gasteiger partial charge in [0.15, 0.2) is 18.2 Å². The standard InChI is InChI=1S/C13H20O6/c1-7(2)11-17-8-5-15-13(10(14)9(8)18-11)6-16-12(3,4)19-13/h7-9,11H,5-6H2,1-4H3. The first-order valence-corrected chi connectivity index (χ1v) is 6.66.